The lowest BCUT2D eigenvalue weighted by Crippen LogP contribution is -2.39. The van der Waals surface area contributed by atoms with Crippen LogP contribution in [0.15, 0.2) is 65.2 Å². The molecule has 0 bridgehead atoms. The fraction of sp³-hybridized carbons (Fsp3) is 0.296. The number of rotatable bonds is 7. The number of oxazole rings is 1. The molecule has 2 aromatic carbocycles. The summed E-state index contributed by atoms with van der Waals surface area (Å²) in [6, 6.07) is 17.3. The number of aromatic nitrogens is 3. The fourth-order valence-corrected chi connectivity index (χ4v) is 4.43. The van der Waals surface area contributed by atoms with Crippen LogP contribution in [0.25, 0.3) is 11.3 Å². The molecule has 3 heterocycles. The quantitative estimate of drug-likeness (QED) is 0.419. The van der Waals surface area contributed by atoms with Crippen LogP contribution in [0.2, 0.25) is 0 Å². The van der Waals surface area contributed by atoms with Crippen LogP contribution in [0.1, 0.15) is 46.5 Å². The molecule has 180 valence electrons. The Bertz CT molecular complexity index is 1290. The summed E-state index contributed by atoms with van der Waals surface area (Å²) in [5, 5.41) is 7.25. The molecule has 8 nitrogen and oxygen atoms in total. The van der Waals surface area contributed by atoms with E-state index < -0.39 is 0 Å². The third kappa shape index (κ3) is 5.06. The number of nitrogens with one attached hydrogen (secondary N) is 1. The van der Waals surface area contributed by atoms with Crippen LogP contribution in [-0.4, -0.2) is 53.3 Å². The van der Waals surface area contributed by atoms with Crippen LogP contribution in [0.4, 0.5) is 0 Å². The summed E-state index contributed by atoms with van der Waals surface area (Å²) in [6.07, 6.45) is 4.27. The Morgan fingerprint density at radius 1 is 1.11 bits per heavy atom. The second-order valence-corrected chi connectivity index (χ2v) is 8.68. The summed E-state index contributed by atoms with van der Waals surface area (Å²) < 4.78 is 16.6. The third-order valence-electron chi connectivity index (χ3n) is 6.34. The SMILES string of the molecule is COc1ccc(Cc2cnc([C@H]3CCCN(C(=O)c4cc(-c5cccc(OC)c5)n[nH]4)C3)o2)cc1. The molecule has 1 aliphatic rings. The van der Waals surface area contributed by atoms with E-state index in [0.717, 1.165) is 41.2 Å². The number of likely N-dealkylation sites (tertiary alicyclic amines) is 1. The maximum absolute atomic E-state index is 13.2. The molecule has 8 heteroatoms. The number of hydrogen-bond acceptors (Lipinski definition) is 6. The van der Waals surface area contributed by atoms with E-state index in [2.05, 4.69) is 15.2 Å². The zero-order chi connectivity index (χ0) is 24.2. The lowest BCUT2D eigenvalue weighted by molar-refractivity contribution is 0.0692. The standard InChI is InChI=1S/C27H28N4O4/c1-33-21-10-8-18(9-11-21)13-23-16-28-26(35-23)20-6-4-12-31(17-20)27(32)25-15-24(29-30-25)19-5-3-7-22(14-19)34-2/h3,5,7-11,14-16,20H,4,6,12-13,17H2,1-2H3,(H,29,30)/t20-/m0/s1. The van der Waals surface area contributed by atoms with E-state index in [4.69, 9.17) is 13.9 Å². The van der Waals surface area contributed by atoms with Gasteiger partial charge in [0.2, 0.25) is 0 Å². The molecule has 5 rings (SSSR count). The van der Waals surface area contributed by atoms with Crippen molar-refractivity contribution in [3.63, 3.8) is 0 Å². The van der Waals surface area contributed by atoms with Gasteiger partial charge < -0.3 is 18.8 Å². The van der Waals surface area contributed by atoms with E-state index in [9.17, 15) is 4.79 Å². The summed E-state index contributed by atoms with van der Waals surface area (Å²) in [7, 11) is 3.28. The number of benzene rings is 2. The van der Waals surface area contributed by atoms with Gasteiger partial charge in [-0.3, -0.25) is 9.89 Å². The van der Waals surface area contributed by atoms with E-state index in [1.165, 1.54) is 0 Å². The van der Waals surface area contributed by atoms with Gasteiger partial charge in [-0.1, -0.05) is 24.3 Å². The summed E-state index contributed by atoms with van der Waals surface area (Å²) >= 11 is 0. The first-order valence-electron chi connectivity index (χ1n) is 11.7. The number of aromatic amines is 1. The number of carbonyl (C=O) groups excluding carboxylic acids is 1. The van der Waals surface area contributed by atoms with Crippen LogP contribution in [0.5, 0.6) is 11.5 Å². The van der Waals surface area contributed by atoms with Gasteiger partial charge in [-0.05, 0) is 48.7 Å². The molecular weight excluding hydrogens is 444 g/mol. The Kier molecular flexibility index (Phi) is 6.52. The van der Waals surface area contributed by atoms with Gasteiger partial charge in [0, 0.05) is 25.1 Å². The highest BCUT2D eigenvalue weighted by molar-refractivity contribution is 5.93. The predicted octanol–water partition coefficient (Wildman–Crippen LogP) is 4.69. The number of hydrogen-bond donors (Lipinski definition) is 1. The lowest BCUT2D eigenvalue weighted by Gasteiger charge is -2.30. The van der Waals surface area contributed by atoms with Crippen molar-refractivity contribution in [3.8, 4) is 22.8 Å². The molecule has 1 N–H and O–H groups in total. The van der Waals surface area contributed by atoms with Crippen molar-refractivity contribution in [2.75, 3.05) is 27.3 Å². The first-order chi connectivity index (χ1) is 17.1. The smallest absolute Gasteiger partial charge is 0.271 e. The Labute approximate surface area is 203 Å². The molecule has 1 atom stereocenters. The average molecular weight is 473 g/mol. The van der Waals surface area contributed by atoms with Crippen molar-refractivity contribution in [1.29, 1.82) is 0 Å². The molecule has 1 saturated heterocycles. The molecule has 0 saturated carbocycles. The average Bonchev–Trinajstić information content (AvgIpc) is 3.59. The fourth-order valence-electron chi connectivity index (χ4n) is 4.43. The maximum Gasteiger partial charge on any atom is 0.271 e. The second-order valence-electron chi connectivity index (χ2n) is 8.68. The third-order valence-corrected chi connectivity index (χ3v) is 6.34. The number of methoxy groups -OCH3 is 2. The van der Waals surface area contributed by atoms with E-state index in [-0.39, 0.29) is 11.8 Å². The zero-order valence-electron chi connectivity index (χ0n) is 19.9. The Morgan fingerprint density at radius 2 is 1.94 bits per heavy atom. The van der Waals surface area contributed by atoms with Crippen molar-refractivity contribution in [1.82, 2.24) is 20.1 Å². The second kappa shape index (κ2) is 10.0. The molecule has 0 aliphatic carbocycles. The number of amides is 1. The highest BCUT2D eigenvalue weighted by atomic mass is 16.5. The van der Waals surface area contributed by atoms with Crippen LogP contribution in [0.3, 0.4) is 0 Å². The van der Waals surface area contributed by atoms with Crippen LogP contribution < -0.4 is 9.47 Å². The molecule has 1 amide bonds. The minimum atomic E-state index is -0.0682. The number of nitrogens with zero attached hydrogens (tertiary/aromatic N) is 3. The molecule has 1 fully saturated rings. The number of carbonyl (C=O) groups is 1. The van der Waals surface area contributed by atoms with Gasteiger partial charge in [-0.15, -0.1) is 0 Å². The van der Waals surface area contributed by atoms with Crippen LogP contribution >= 0.6 is 0 Å². The van der Waals surface area contributed by atoms with Crippen molar-refractivity contribution in [2.45, 2.75) is 25.2 Å². The summed E-state index contributed by atoms with van der Waals surface area (Å²) in [5.41, 5.74) is 3.19. The highest BCUT2D eigenvalue weighted by Gasteiger charge is 2.29. The Hall–Kier alpha value is -4.07. The summed E-state index contributed by atoms with van der Waals surface area (Å²) in [6.45, 7) is 1.26. The van der Waals surface area contributed by atoms with Crippen molar-refractivity contribution < 1.29 is 18.7 Å². The van der Waals surface area contributed by atoms with E-state index in [1.807, 2.05) is 53.4 Å². The first-order valence-corrected chi connectivity index (χ1v) is 11.7. The van der Waals surface area contributed by atoms with Crippen molar-refractivity contribution in [2.24, 2.45) is 0 Å². The van der Waals surface area contributed by atoms with E-state index in [0.29, 0.717) is 36.8 Å². The van der Waals surface area contributed by atoms with Crippen molar-refractivity contribution >= 4 is 5.91 Å². The van der Waals surface area contributed by atoms with Gasteiger partial charge >= 0.3 is 0 Å². The topological polar surface area (TPSA) is 93.5 Å². The van der Waals surface area contributed by atoms with Gasteiger partial charge in [-0.2, -0.15) is 5.10 Å². The highest BCUT2D eigenvalue weighted by Crippen LogP contribution is 2.29. The zero-order valence-corrected chi connectivity index (χ0v) is 19.9. The van der Waals surface area contributed by atoms with E-state index >= 15 is 0 Å². The molecule has 0 radical (unpaired) electrons. The number of ether oxygens (including phenoxy) is 2. The summed E-state index contributed by atoms with van der Waals surface area (Å²) in [5.74, 6) is 3.07. The van der Waals surface area contributed by atoms with Gasteiger partial charge in [0.05, 0.1) is 32.0 Å². The minimum absolute atomic E-state index is 0.0677. The van der Waals surface area contributed by atoms with E-state index in [1.54, 1.807) is 26.5 Å². The normalized spacial score (nSPS) is 15.7. The number of H-pyrrole nitrogens is 1. The van der Waals surface area contributed by atoms with Gasteiger partial charge in [-0.25, -0.2) is 4.98 Å². The predicted molar refractivity (Wildman–Crippen MR) is 131 cm³/mol. The molecule has 4 aromatic rings. The molecule has 1 aliphatic heterocycles. The van der Waals surface area contributed by atoms with Gasteiger partial charge in [0.25, 0.3) is 5.91 Å². The molecule has 2 aromatic heterocycles. The monoisotopic (exact) mass is 472 g/mol. The molecule has 0 unspecified atom stereocenters. The molecule has 35 heavy (non-hydrogen) atoms. The maximum atomic E-state index is 13.2. The van der Waals surface area contributed by atoms with Gasteiger partial charge in [0.15, 0.2) is 5.89 Å². The summed E-state index contributed by atoms with van der Waals surface area (Å²) in [4.78, 5) is 19.6. The lowest BCUT2D eigenvalue weighted by atomic mass is 9.97. The molecule has 0 spiro atoms. The number of piperidine rings is 1. The van der Waals surface area contributed by atoms with Crippen LogP contribution in [-0.2, 0) is 6.42 Å². The Balaban J connectivity index is 1.24. The van der Waals surface area contributed by atoms with Crippen molar-refractivity contribution in [3.05, 3.63) is 83.7 Å². The minimum Gasteiger partial charge on any atom is -0.497 e. The van der Waals surface area contributed by atoms with Gasteiger partial charge in [0.1, 0.15) is 23.0 Å². The molecular formula is C27H28N4O4. The largest absolute Gasteiger partial charge is 0.497 e. The Morgan fingerprint density at radius 3 is 2.74 bits per heavy atom. The van der Waals surface area contributed by atoms with Crippen LogP contribution in [0, 0.1) is 0 Å². The first kappa shape index (κ1) is 22.7.